The Morgan fingerprint density at radius 2 is 1.65 bits per heavy atom. The summed E-state index contributed by atoms with van der Waals surface area (Å²) in [6.07, 6.45) is 0.918. The first-order chi connectivity index (χ1) is 14.9. The summed E-state index contributed by atoms with van der Waals surface area (Å²) in [4.78, 5) is 32.7. The third-order valence-electron chi connectivity index (χ3n) is 6.20. The molecule has 3 heterocycles. The van der Waals surface area contributed by atoms with Gasteiger partial charge in [0.25, 0.3) is 5.56 Å². The first-order valence-electron chi connectivity index (χ1n) is 10.5. The summed E-state index contributed by atoms with van der Waals surface area (Å²) in [6.45, 7) is 4.10. The number of rotatable bonds is 3. The van der Waals surface area contributed by atoms with Crippen LogP contribution in [0.5, 0.6) is 0 Å². The summed E-state index contributed by atoms with van der Waals surface area (Å²) < 4.78 is 4.59. The van der Waals surface area contributed by atoms with Gasteiger partial charge in [-0.2, -0.15) is 4.98 Å². The van der Waals surface area contributed by atoms with Crippen molar-refractivity contribution in [2.75, 3.05) is 11.4 Å². The second kappa shape index (κ2) is 7.27. The molecular weight excluding hydrogens is 390 g/mol. The number of anilines is 1. The Morgan fingerprint density at radius 1 is 0.935 bits per heavy atom. The maximum absolute atomic E-state index is 13.1. The number of fused-ring (bicyclic) bond motifs is 2. The van der Waals surface area contributed by atoms with E-state index in [2.05, 4.69) is 60.4 Å². The summed E-state index contributed by atoms with van der Waals surface area (Å²) in [5.41, 5.74) is 5.08. The molecule has 31 heavy (non-hydrogen) atoms. The molecule has 2 aromatic carbocycles. The minimum absolute atomic E-state index is 0.318. The van der Waals surface area contributed by atoms with Gasteiger partial charge in [0.15, 0.2) is 11.2 Å². The van der Waals surface area contributed by atoms with Gasteiger partial charge in [-0.1, -0.05) is 54.1 Å². The van der Waals surface area contributed by atoms with Crippen molar-refractivity contribution in [2.45, 2.75) is 26.4 Å². The predicted octanol–water partition coefficient (Wildman–Crippen LogP) is 2.35. The van der Waals surface area contributed by atoms with Gasteiger partial charge in [0.1, 0.15) is 0 Å². The van der Waals surface area contributed by atoms with Crippen LogP contribution in [-0.2, 0) is 33.6 Å². The average molecular weight is 415 g/mol. The molecule has 0 unspecified atom stereocenters. The molecule has 0 bridgehead atoms. The smallest absolute Gasteiger partial charge is 0.332 e. The molecule has 2 aromatic heterocycles. The lowest BCUT2D eigenvalue weighted by Crippen LogP contribution is -2.37. The topological polar surface area (TPSA) is 65.1 Å². The summed E-state index contributed by atoms with van der Waals surface area (Å²) in [6, 6.07) is 16.7. The molecule has 0 saturated heterocycles. The lowest BCUT2D eigenvalue weighted by molar-refractivity contribution is 0.674. The van der Waals surface area contributed by atoms with Crippen LogP contribution in [0.1, 0.15) is 22.3 Å². The van der Waals surface area contributed by atoms with Crippen LogP contribution in [0.2, 0.25) is 0 Å². The van der Waals surface area contributed by atoms with E-state index in [4.69, 9.17) is 4.98 Å². The van der Waals surface area contributed by atoms with Crippen LogP contribution in [0, 0.1) is 6.92 Å². The molecule has 0 amide bonds. The summed E-state index contributed by atoms with van der Waals surface area (Å²) in [7, 11) is 3.19. The van der Waals surface area contributed by atoms with Gasteiger partial charge < -0.3 is 4.90 Å². The van der Waals surface area contributed by atoms with Crippen molar-refractivity contribution in [3.05, 3.63) is 91.6 Å². The highest BCUT2D eigenvalue weighted by atomic mass is 16.2. The zero-order chi connectivity index (χ0) is 21.7. The largest absolute Gasteiger partial charge is 0.337 e. The normalized spacial score (nSPS) is 13.6. The molecule has 0 atom stereocenters. The van der Waals surface area contributed by atoms with Crippen LogP contribution in [0.25, 0.3) is 11.2 Å². The fourth-order valence-corrected chi connectivity index (χ4v) is 4.37. The fraction of sp³-hybridized carbons (Fsp3) is 0.292. The van der Waals surface area contributed by atoms with Gasteiger partial charge >= 0.3 is 5.69 Å². The van der Waals surface area contributed by atoms with Crippen molar-refractivity contribution < 1.29 is 0 Å². The highest BCUT2D eigenvalue weighted by molar-refractivity contribution is 5.75. The van der Waals surface area contributed by atoms with Gasteiger partial charge in [-0.3, -0.25) is 18.5 Å². The molecule has 5 rings (SSSR count). The molecule has 1 aliphatic rings. The Hall–Kier alpha value is -3.61. The van der Waals surface area contributed by atoms with E-state index in [-0.39, 0.29) is 11.2 Å². The van der Waals surface area contributed by atoms with Crippen molar-refractivity contribution in [1.82, 2.24) is 18.7 Å². The minimum atomic E-state index is -0.368. The van der Waals surface area contributed by atoms with Crippen molar-refractivity contribution in [3.8, 4) is 0 Å². The summed E-state index contributed by atoms with van der Waals surface area (Å²) >= 11 is 0. The standard InChI is InChI=1S/C24H25N5O2/c1-16-8-10-17(11-9-16)14-29-20-21(26(2)24(31)27(3)22(20)30)25-23(29)28-13-12-18-6-4-5-7-19(18)15-28/h4-11H,12-15H2,1-3H3. The number of benzene rings is 2. The van der Waals surface area contributed by atoms with E-state index < -0.39 is 0 Å². The Kier molecular flexibility index (Phi) is 4.54. The lowest BCUT2D eigenvalue weighted by atomic mass is 10.0. The maximum atomic E-state index is 13.1. The second-order valence-corrected chi connectivity index (χ2v) is 8.30. The van der Waals surface area contributed by atoms with Gasteiger partial charge in [-0.25, -0.2) is 4.79 Å². The highest BCUT2D eigenvalue weighted by Crippen LogP contribution is 2.27. The van der Waals surface area contributed by atoms with Crippen LogP contribution in [-0.4, -0.2) is 25.2 Å². The van der Waals surface area contributed by atoms with Gasteiger partial charge in [-0.05, 0) is 30.0 Å². The van der Waals surface area contributed by atoms with Crippen LogP contribution in [0.15, 0.2) is 58.1 Å². The fourth-order valence-electron chi connectivity index (χ4n) is 4.37. The molecule has 0 fully saturated rings. The molecule has 158 valence electrons. The molecule has 4 aromatic rings. The van der Waals surface area contributed by atoms with Gasteiger partial charge in [0, 0.05) is 27.2 Å². The van der Waals surface area contributed by atoms with E-state index in [1.54, 1.807) is 7.05 Å². The summed E-state index contributed by atoms with van der Waals surface area (Å²) in [5.74, 6) is 0.725. The Morgan fingerprint density at radius 3 is 2.39 bits per heavy atom. The molecule has 7 heteroatoms. The number of nitrogens with zero attached hydrogens (tertiary/aromatic N) is 5. The molecule has 0 spiro atoms. The van der Waals surface area contributed by atoms with E-state index in [9.17, 15) is 9.59 Å². The van der Waals surface area contributed by atoms with Crippen LogP contribution in [0.3, 0.4) is 0 Å². The summed E-state index contributed by atoms with van der Waals surface area (Å²) in [5, 5.41) is 0. The van der Waals surface area contributed by atoms with Gasteiger partial charge in [-0.15, -0.1) is 0 Å². The first-order valence-corrected chi connectivity index (χ1v) is 10.5. The van der Waals surface area contributed by atoms with Crippen molar-refractivity contribution >= 4 is 17.1 Å². The number of hydrogen-bond donors (Lipinski definition) is 0. The molecule has 7 nitrogen and oxygen atoms in total. The van der Waals surface area contributed by atoms with Gasteiger partial charge in [0.05, 0.1) is 6.54 Å². The SMILES string of the molecule is Cc1ccc(Cn2c(N3CCc4ccccc4C3)nc3c2c(=O)n(C)c(=O)n3C)cc1. The molecule has 1 aliphatic heterocycles. The van der Waals surface area contributed by atoms with E-state index in [1.165, 1.54) is 28.3 Å². The van der Waals surface area contributed by atoms with Crippen LogP contribution in [0.4, 0.5) is 5.95 Å². The van der Waals surface area contributed by atoms with Crippen LogP contribution < -0.4 is 16.1 Å². The number of aryl methyl sites for hydroxylation is 2. The zero-order valence-electron chi connectivity index (χ0n) is 18.0. The van der Waals surface area contributed by atoms with E-state index in [0.29, 0.717) is 17.7 Å². The first kappa shape index (κ1) is 19.4. The number of hydrogen-bond acceptors (Lipinski definition) is 4. The molecular formula is C24H25N5O2. The Balaban J connectivity index is 1.71. The Labute approximate surface area is 179 Å². The molecule has 0 aliphatic carbocycles. The van der Waals surface area contributed by atoms with Crippen molar-refractivity contribution in [3.63, 3.8) is 0 Å². The van der Waals surface area contributed by atoms with Crippen molar-refractivity contribution in [2.24, 2.45) is 14.1 Å². The maximum Gasteiger partial charge on any atom is 0.332 e. The third kappa shape index (κ3) is 3.17. The molecule has 0 radical (unpaired) electrons. The van der Waals surface area contributed by atoms with E-state index in [1.807, 2.05) is 4.57 Å². The number of aromatic nitrogens is 4. The second-order valence-electron chi connectivity index (χ2n) is 8.30. The van der Waals surface area contributed by atoms with Crippen LogP contribution >= 0.6 is 0 Å². The quantitative estimate of drug-likeness (QED) is 0.515. The molecule has 0 N–H and O–H groups in total. The monoisotopic (exact) mass is 415 g/mol. The van der Waals surface area contributed by atoms with Gasteiger partial charge in [0.2, 0.25) is 5.95 Å². The lowest BCUT2D eigenvalue weighted by Gasteiger charge is -2.30. The third-order valence-corrected chi connectivity index (χ3v) is 6.20. The Bertz CT molecular complexity index is 1410. The molecule has 0 saturated carbocycles. The number of imidazole rings is 1. The predicted molar refractivity (Wildman–Crippen MR) is 122 cm³/mol. The van der Waals surface area contributed by atoms with E-state index in [0.717, 1.165) is 35.6 Å². The average Bonchev–Trinajstić information content (AvgIpc) is 3.16. The van der Waals surface area contributed by atoms with Crippen molar-refractivity contribution in [1.29, 1.82) is 0 Å². The minimum Gasteiger partial charge on any atom is -0.337 e. The van der Waals surface area contributed by atoms with E-state index >= 15 is 0 Å². The highest BCUT2D eigenvalue weighted by Gasteiger charge is 2.25. The zero-order valence-corrected chi connectivity index (χ0v) is 18.0.